The van der Waals surface area contributed by atoms with Crippen LogP contribution in [0.3, 0.4) is 0 Å². The molecule has 1 aromatic rings. The van der Waals surface area contributed by atoms with Gasteiger partial charge in [0.15, 0.2) is 0 Å². The fourth-order valence-corrected chi connectivity index (χ4v) is 3.23. The molecule has 2 fully saturated rings. The first-order chi connectivity index (χ1) is 8.15. The van der Waals surface area contributed by atoms with Gasteiger partial charge in [-0.25, -0.2) is 0 Å². The molecule has 2 atom stereocenters. The van der Waals surface area contributed by atoms with Crippen molar-refractivity contribution >= 4 is 5.69 Å². The van der Waals surface area contributed by atoms with Crippen molar-refractivity contribution in [1.82, 2.24) is 4.90 Å². The summed E-state index contributed by atoms with van der Waals surface area (Å²) in [5.74, 6) is 0.630. The molecule has 0 spiro atoms. The predicted molar refractivity (Wildman–Crippen MR) is 72.7 cm³/mol. The molecular weight excluding hydrogens is 208 g/mol. The first-order valence-corrected chi connectivity index (χ1v) is 6.72. The number of hydrogen-bond acceptors (Lipinski definition) is 2. The highest BCUT2D eigenvalue weighted by atomic mass is 15.3. The molecule has 0 unspecified atom stereocenters. The number of piperazine rings is 1. The zero-order valence-electron chi connectivity index (χ0n) is 11.1. The van der Waals surface area contributed by atoms with Crippen molar-refractivity contribution in [2.45, 2.75) is 38.3 Å². The molecule has 0 N–H and O–H groups in total. The molecule has 1 aromatic carbocycles. The van der Waals surface area contributed by atoms with Gasteiger partial charge in [0.05, 0.1) is 0 Å². The standard InChI is InChI=1S/C15H22N2/c1-11(2)12-4-6-13(7-5-12)17-10-14-8-15(17)9-16(14)3/h4-7,11,14-15H,8-10H2,1-3H3/t14-,15-/m0/s1. The van der Waals surface area contributed by atoms with Crippen molar-refractivity contribution < 1.29 is 0 Å². The van der Waals surface area contributed by atoms with E-state index in [-0.39, 0.29) is 0 Å². The van der Waals surface area contributed by atoms with E-state index in [4.69, 9.17) is 0 Å². The highest BCUT2D eigenvalue weighted by Gasteiger charge is 2.41. The summed E-state index contributed by atoms with van der Waals surface area (Å²) in [5, 5.41) is 0. The third-order valence-electron chi connectivity index (χ3n) is 4.41. The fraction of sp³-hybridized carbons (Fsp3) is 0.600. The van der Waals surface area contributed by atoms with Gasteiger partial charge in [0.25, 0.3) is 0 Å². The van der Waals surface area contributed by atoms with Crippen molar-refractivity contribution in [1.29, 1.82) is 0 Å². The minimum absolute atomic E-state index is 0.630. The first-order valence-electron chi connectivity index (χ1n) is 6.72. The van der Waals surface area contributed by atoms with Gasteiger partial charge in [0.1, 0.15) is 0 Å². The number of likely N-dealkylation sites (N-methyl/N-ethyl adjacent to an activating group) is 1. The van der Waals surface area contributed by atoms with Crippen LogP contribution in [0.4, 0.5) is 5.69 Å². The molecule has 2 heterocycles. The predicted octanol–water partition coefficient (Wildman–Crippen LogP) is 2.70. The monoisotopic (exact) mass is 230 g/mol. The summed E-state index contributed by atoms with van der Waals surface area (Å²) in [4.78, 5) is 5.10. The minimum atomic E-state index is 0.630. The van der Waals surface area contributed by atoms with Crippen molar-refractivity contribution in [2.75, 3.05) is 25.0 Å². The number of nitrogens with zero attached hydrogens (tertiary/aromatic N) is 2. The molecule has 0 amide bonds. The lowest BCUT2D eigenvalue weighted by molar-refractivity contribution is 0.292. The van der Waals surface area contributed by atoms with Crippen molar-refractivity contribution in [3.8, 4) is 0 Å². The van der Waals surface area contributed by atoms with Gasteiger partial charge in [-0.1, -0.05) is 26.0 Å². The largest absolute Gasteiger partial charge is 0.366 e. The highest BCUT2D eigenvalue weighted by Crippen LogP contribution is 2.33. The Morgan fingerprint density at radius 1 is 1.06 bits per heavy atom. The third kappa shape index (κ3) is 1.85. The van der Waals surface area contributed by atoms with E-state index in [1.807, 2.05) is 0 Å². The van der Waals surface area contributed by atoms with Gasteiger partial charge in [-0.05, 0) is 37.1 Å². The normalized spacial score (nSPS) is 28.4. The Bertz CT molecular complexity index is 394. The van der Waals surface area contributed by atoms with E-state index < -0.39 is 0 Å². The molecule has 0 saturated carbocycles. The summed E-state index contributed by atoms with van der Waals surface area (Å²) in [6.07, 6.45) is 1.35. The van der Waals surface area contributed by atoms with Gasteiger partial charge in [0, 0.05) is 30.9 Å². The smallest absolute Gasteiger partial charge is 0.0433 e. The molecule has 3 rings (SSSR count). The van der Waals surface area contributed by atoms with Gasteiger partial charge in [0.2, 0.25) is 0 Å². The zero-order valence-corrected chi connectivity index (χ0v) is 11.1. The van der Waals surface area contributed by atoms with Gasteiger partial charge in [-0.15, -0.1) is 0 Å². The van der Waals surface area contributed by atoms with E-state index in [9.17, 15) is 0 Å². The SMILES string of the molecule is CC(C)c1ccc(N2C[C@@H]3C[C@H]2CN3C)cc1. The molecule has 0 radical (unpaired) electrons. The Labute approximate surface area is 104 Å². The summed E-state index contributed by atoms with van der Waals surface area (Å²) in [5.41, 5.74) is 2.85. The Morgan fingerprint density at radius 3 is 2.24 bits per heavy atom. The van der Waals surface area contributed by atoms with Crippen molar-refractivity contribution in [3.05, 3.63) is 29.8 Å². The number of rotatable bonds is 2. The van der Waals surface area contributed by atoms with E-state index in [0.717, 1.165) is 12.1 Å². The van der Waals surface area contributed by atoms with E-state index in [1.54, 1.807) is 0 Å². The molecule has 0 aromatic heterocycles. The number of benzene rings is 1. The van der Waals surface area contributed by atoms with Crippen LogP contribution in [0.2, 0.25) is 0 Å². The quantitative estimate of drug-likeness (QED) is 0.771. The van der Waals surface area contributed by atoms with Crippen LogP contribution in [0.5, 0.6) is 0 Å². The molecule has 2 nitrogen and oxygen atoms in total. The lowest BCUT2D eigenvalue weighted by Crippen LogP contribution is -2.44. The van der Waals surface area contributed by atoms with Gasteiger partial charge in [-0.2, -0.15) is 0 Å². The summed E-state index contributed by atoms with van der Waals surface area (Å²) in [6.45, 7) is 6.95. The van der Waals surface area contributed by atoms with Gasteiger partial charge >= 0.3 is 0 Å². The van der Waals surface area contributed by atoms with Crippen LogP contribution in [0, 0.1) is 0 Å². The van der Waals surface area contributed by atoms with Crippen LogP contribution in [0.25, 0.3) is 0 Å². The summed E-state index contributed by atoms with van der Waals surface area (Å²) < 4.78 is 0. The first kappa shape index (κ1) is 11.1. The lowest BCUT2D eigenvalue weighted by atomic mass is 10.0. The van der Waals surface area contributed by atoms with Crippen LogP contribution in [-0.4, -0.2) is 37.1 Å². The topological polar surface area (TPSA) is 6.48 Å². The maximum atomic E-state index is 2.59. The zero-order chi connectivity index (χ0) is 12.0. The average molecular weight is 230 g/mol. The molecule has 2 saturated heterocycles. The van der Waals surface area contributed by atoms with Crippen molar-refractivity contribution in [2.24, 2.45) is 0 Å². The molecule has 17 heavy (non-hydrogen) atoms. The fourth-order valence-electron chi connectivity index (χ4n) is 3.23. The van der Waals surface area contributed by atoms with Crippen LogP contribution in [0.15, 0.2) is 24.3 Å². The molecule has 2 aliphatic heterocycles. The van der Waals surface area contributed by atoms with Crippen LogP contribution < -0.4 is 4.90 Å². The second kappa shape index (κ2) is 4.02. The number of likely N-dealkylation sites (tertiary alicyclic amines) is 1. The van der Waals surface area contributed by atoms with E-state index >= 15 is 0 Å². The van der Waals surface area contributed by atoms with E-state index in [2.05, 4.69) is 55.0 Å². The Morgan fingerprint density at radius 2 is 1.76 bits per heavy atom. The molecule has 0 aliphatic carbocycles. The molecule has 2 aliphatic rings. The van der Waals surface area contributed by atoms with E-state index in [0.29, 0.717) is 5.92 Å². The second-order valence-electron chi connectivity index (χ2n) is 5.88. The Hall–Kier alpha value is -1.02. The summed E-state index contributed by atoms with van der Waals surface area (Å²) in [6, 6.07) is 10.7. The highest BCUT2D eigenvalue weighted by molar-refractivity contribution is 5.51. The van der Waals surface area contributed by atoms with Crippen LogP contribution in [-0.2, 0) is 0 Å². The van der Waals surface area contributed by atoms with Gasteiger partial charge in [-0.3, -0.25) is 4.90 Å². The third-order valence-corrected chi connectivity index (χ3v) is 4.41. The van der Waals surface area contributed by atoms with Crippen LogP contribution >= 0.6 is 0 Å². The number of hydrogen-bond donors (Lipinski definition) is 0. The molecule has 2 heteroatoms. The van der Waals surface area contributed by atoms with Gasteiger partial charge < -0.3 is 4.90 Å². The van der Waals surface area contributed by atoms with E-state index in [1.165, 1.54) is 30.8 Å². The number of anilines is 1. The molecular formula is C15H22N2. The lowest BCUT2D eigenvalue weighted by Gasteiger charge is -2.33. The molecule has 92 valence electrons. The Kier molecular flexibility index (Phi) is 2.62. The second-order valence-corrected chi connectivity index (χ2v) is 5.88. The summed E-state index contributed by atoms with van der Waals surface area (Å²) in [7, 11) is 2.25. The maximum absolute atomic E-state index is 2.59. The van der Waals surface area contributed by atoms with Crippen LogP contribution in [0.1, 0.15) is 31.7 Å². The number of fused-ring (bicyclic) bond motifs is 2. The minimum Gasteiger partial charge on any atom is -0.366 e. The summed E-state index contributed by atoms with van der Waals surface area (Å²) >= 11 is 0. The maximum Gasteiger partial charge on any atom is 0.0433 e. The Balaban J connectivity index is 1.78. The van der Waals surface area contributed by atoms with Crippen molar-refractivity contribution in [3.63, 3.8) is 0 Å². The molecule has 2 bridgehead atoms. The average Bonchev–Trinajstić information content (AvgIpc) is 2.87.